The third-order valence-corrected chi connectivity index (χ3v) is 6.68. The molecule has 170 valence electrons. The van der Waals surface area contributed by atoms with Crippen molar-refractivity contribution in [3.63, 3.8) is 0 Å². The molecule has 3 aromatic heterocycles. The molecule has 0 spiro atoms. The van der Waals surface area contributed by atoms with Gasteiger partial charge in [-0.1, -0.05) is 12.1 Å². The van der Waals surface area contributed by atoms with Crippen molar-refractivity contribution in [2.24, 2.45) is 13.0 Å². The van der Waals surface area contributed by atoms with Crippen molar-refractivity contribution in [1.82, 2.24) is 24.7 Å². The van der Waals surface area contributed by atoms with Gasteiger partial charge in [-0.15, -0.1) is 10.2 Å². The quantitative estimate of drug-likeness (QED) is 0.429. The van der Waals surface area contributed by atoms with E-state index in [9.17, 15) is 9.59 Å². The summed E-state index contributed by atoms with van der Waals surface area (Å²) >= 11 is 0. The monoisotopic (exact) mass is 453 g/mol. The third kappa shape index (κ3) is 3.44. The lowest BCUT2D eigenvalue weighted by Gasteiger charge is -2.46. The van der Waals surface area contributed by atoms with Crippen LogP contribution in [0.25, 0.3) is 11.0 Å². The third-order valence-electron chi connectivity index (χ3n) is 6.68. The van der Waals surface area contributed by atoms with Crippen molar-refractivity contribution < 1.29 is 9.59 Å². The lowest BCUT2D eigenvalue weighted by atomic mass is 9.57. The zero-order chi connectivity index (χ0) is 23.9. The second-order valence-electron chi connectivity index (χ2n) is 8.93. The summed E-state index contributed by atoms with van der Waals surface area (Å²) in [5.41, 5.74) is 3.90. The molecule has 1 aliphatic rings. The van der Waals surface area contributed by atoms with Crippen molar-refractivity contribution in [3.05, 3.63) is 71.1 Å². The van der Waals surface area contributed by atoms with E-state index in [0.29, 0.717) is 34.6 Å². The highest BCUT2D eigenvalue weighted by Gasteiger charge is 2.49. The fourth-order valence-electron chi connectivity index (χ4n) is 5.01. The van der Waals surface area contributed by atoms with Crippen molar-refractivity contribution in [2.45, 2.75) is 31.6 Å². The van der Waals surface area contributed by atoms with E-state index in [2.05, 4.69) is 31.6 Å². The molecule has 0 aliphatic heterocycles. The highest BCUT2D eigenvalue weighted by atomic mass is 16.2. The van der Waals surface area contributed by atoms with Crippen LogP contribution < -0.4 is 5.32 Å². The number of nitrogens with zero attached hydrogens (tertiary/aromatic N) is 5. The van der Waals surface area contributed by atoms with Gasteiger partial charge in [-0.25, -0.2) is 4.98 Å². The number of aldehydes is 1. The Morgan fingerprint density at radius 2 is 2.21 bits per heavy atom. The van der Waals surface area contributed by atoms with E-state index in [4.69, 9.17) is 5.26 Å². The number of carbonyl (C=O) groups excluding carboxylic acids is 2. The molecule has 1 fully saturated rings. The van der Waals surface area contributed by atoms with E-state index in [1.54, 1.807) is 12.5 Å². The van der Waals surface area contributed by atoms with Gasteiger partial charge in [-0.3, -0.25) is 9.59 Å². The highest BCUT2D eigenvalue weighted by Crippen LogP contribution is 2.53. The van der Waals surface area contributed by atoms with Crippen LogP contribution in [0.5, 0.6) is 0 Å². The number of rotatable bonds is 6. The Bertz CT molecular complexity index is 1450. The zero-order valence-electron chi connectivity index (χ0n) is 18.9. The molecule has 9 heteroatoms. The van der Waals surface area contributed by atoms with Gasteiger partial charge < -0.3 is 14.9 Å². The molecule has 1 amide bonds. The molecule has 1 aliphatic carbocycles. The smallest absolute Gasteiger partial charge is 0.274 e. The maximum absolute atomic E-state index is 13.1. The standard InChI is InChI=1S/C25H23N7O2/c1-15-12-27-22-17(13-33)8-20(30-21(15)22)23(34)29-19-5-3-4-18(9-19)25(10-16(11-25)6-7-26)24-31-28-14-32(24)2/h3-5,8-9,12-14,16,27H,6,10-11H2,1-2H3,(H,29,34). The van der Waals surface area contributed by atoms with Gasteiger partial charge in [-0.2, -0.15) is 5.26 Å². The molecular formula is C25H23N7O2. The van der Waals surface area contributed by atoms with Crippen LogP contribution in [0.2, 0.25) is 0 Å². The van der Waals surface area contributed by atoms with E-state index in [1.165, 1.54) is 6.07 Å². The number of aromatic amines is 1. The van der Waals surface area contributed by atoms with E-state index in [-0.39, 0.29) is 11.1 Å². The van der Waals surface area contributed by atoms with Crippen molar-refractivity contribution in [1.29, 1.82) is 5.26 Å². The molecule has 2 N–H and O–H groups in total. The lowest BCUT2D eigenvalue weighted by molar-refractivity contribution is 0.102. The Kier molecular flexibility index (Phi) is 5.21. The average molecular weight is 454 g/mol. The Morgan fingerprint density at radius 3 is 2.91 bits per heavy atom. The lowest BCUT2D eigenvalue weighted by Crippen LogP contribution is -2.44. The molecule has 0 atom stereocenters. The normalized spacial score (nSPS) is 19.4. The summed E-state index contributed by atoms with van der Waals surface area (Å²) < 4.78 is 1.91. The highest BCUT2D eigenvalue weighted by molar-refractivity contribution is 6.06. The van der Waals surface area contributed by atoms with Crippen LogP contribution in [0.3, 0.4) is 0 Å². The van der Waals surface area contributed by atoms with E-state index in [0.717, 1.165) is 36.1 Å². The van der Waals surface area contributed by atoms with Gasteiger partial charge in [0.15, 0.2) is 6.29 Å². The molecule has 3 heterocycles. The first-order valence-electron chi connectivity index (χ1n) is 11.0. The van der Waals surface area contributed by atoms with E-state index in [1.807, 2.05) is 42.8 Å². The van der Waals surface area contributed by atoms with E-state index < -0.39 is 5.91 Å². The Balaban J connectivity index is 1.46. The molecule has 5 rings (SSSR count). The van der Waals surface area contributed by atoms with Crippen LogP contribution >= 0.6 is 0 Å². The van der Waals surface area contributed by atoms with Gasteiger partial charge in [0.05, 0.1) is 22.5 Å². The molecule has 1 aromatic carbocycles. The minimum atomic E-state index is -0.397. The van der Waals surface area contributed by atoms with Gasteiger partial charge in [0.2, 0.25) is 0 Å². The average Bonchev–Trinajstić information content (AvgIpc) is 3.41. The molecule has 0 unspecified atom stereocenters. The molecule has 9 nitrogen and oxygen atoms in total. The topological polar surface area (TPSA) is 129 Å². The molecular weight excluding hydrogens is 430 g/mol. The van der Waals surface area contributed by atoms with Gasteiger partial charge in [0.25, 0.3) is 5.91 Å². The summed E-state index contributed by atoms with van der Waals surface area (Å²) in [6.45, 7) is 1.87. The number of pyridine rings is 1. The first kappa shape index (κ1) is 21.5. The zero-order valence-corrected chi connectivity index (χ0v) is 18.9. The minimum absolute atomic E-state index is 0.170. The number of nitriles is 1. The molecule has 34 heavy (non-hydrogen) atoms. The van der Waals surface area contributed by atoms with Crippen LogP contribution in [0.15, 0.2) is 42.9 Å². The Hall–Kier alpha value is -4.32. The fourth-order valence-corrected chi connectivity index (χ4v) is 5.01. The maximum Gasteiger partial charge on any atom is 0.274 e. The summed E-state index contributed by atoms with van der Waals surface area (Å²) in [7, 11) is 1.91. The summed E-state index contributed by atoms with van der Waals surface area (Å²) in [6.07, 6.45) is 6.24. The van der Waals surface area contributed by atoms with Gasteiger partial charge in [-0.05, 0) is 55.0 Å². The Labute approximate surface area is 195 Å². The van der Waals surface area contributed by atoms with Crippen molar-refractivity contribution in [3.8, 4) is 6.07 Å². The van der Waals surface area contributed by atoms with Crippen LogP contribution in [-0.2, 0) is 12.5 Å². The number of amides is 1. The number of aromatic nitrogens is 5. The van der Waals surface area contributed by atoms with Crippen molar-refractivity contribution in [2.75, 3.05) is 5.32 Å². The second-order valence-corrected chi connectivity index (χ2v) is 8.93. The molecule has 4 aromatic rings. The van der Waals surface area contributed by atoms with E-state index >= 15 is 0 Å². The SMILES string of the molecule is Cc1c[nH]c2c(C=O)cc(C(=O)Nc3cccc(C4(c5nncn5C)CC(CC#N)C4)c3)nc12. The predicted molar refractivity (Wildman–Crippen MR) is 125 cm³/mol. The molecule has 0 saturated heterocycles. The van der Waals surface area contributed by atoms with Crippen LogP contribution in [0.1, 0.15) is 57.1 Å². The molecule has 0 radical (unpaired) electrons. The summed E-state index contributed by atoms with van der Waals surface area (Å²) in [5, 5.41) is 20.5. The summed E-state index contributed by atoms with van der Waals surface area (Å²) in [5.74, 6) is 0.740. The van der Waals surface area contributed by atoms with Gasteiger partial charge in [0, 0.05) is 30.9 Å². The minimum Gasteiger partial charge on any atom is -0.359 e. The summed E-state index contributed by atoms with van der Waals surface area (Å²) in [4.78, 5) is 32.1. The van der Waals surface area contributed by atoms with Gasteiger partial charge >= 0.3 is 0 Å². The number of nitrogens with one attached hydrogen (secondary N) is 2. The van der Waals surface area contributed by atoms with Crippen LogP contribution in [0, 0.1) is 24.2 Å². The molecule has 0 bridgehead atoms. The summed E-state index contributed by atoms with van der Waals surface area (Å²) in [6, 6.07) is 11.4. The number of H-pyrrole nitrogens is 1. The Morgan fingerprint density at radius 1 is 1.38 bits per heavy atom. The van der Waals surface area contributed by atoms with Crippen molar-refractivity contribution >= 4 is 28.9 Å². The fraction of sp³-hybridized carbons (Fsp3) is 0.280. The largest absolute Gasteiger partial charge is 0.359 e. The molecule has 1 saturated carbocycles. The second kappa shape index (κ2) is 8.23. The predicted octanol–water partition coefficient (Wildman–Crippen LogP) is 3.67. The van der Waals surface area contributed by atoms with Crippen LogP contribution in [0.4, 0.5) is 5.69 Å². The number of hydrogen-bond acceptors (Lipinski definition) is 6. The van der Waals surface area contributed by atoms with Gasteiger partial charge in [0.1, 0.15) is 17.8 Å². The maximum atomic E-state index is 13.1. The number of carbonyl (C=O) groups is 2. The number of anilines is 1. The van der Waals surface area contributed by atoms with Crippen LogP contribution in [-0.4, -0.2) is 36.9 Å². The number of hydrogen-bond donors (Lipinski definition) is 2. The number of fused-ring (bicyclic) bond motifs is 1. The number of aryl methyl sites for hydroxylation is 2. The first-order valence-corrected chi connectivity index (χ1v) is 11.0. The number of benzene rings is 1. The first-order chi connectivity index (χ1) is 16.4.